The minimum atomic E-state index is -3.91. The maximum atomic E-state index is 14.0. The van der Waals surface area contributed by atoms with Crippen molar-refractivity contribution < 1.29 is 26.9 Å². The zero-order valence-corrected chi connectivity index (χ0v) is 22.2. The molecule has 0 saturated carbocycles. The Morgan fingerprint density at radius 3 is 2.57 bits per heavy atom. The number of nitrogens with zero attached hydrogens (tertiary/aromatic N) is 3. The molecule has 1 amide bonds. The lowest BCUT2D eigenvalue weighted by molar-refractivity contribution is -0.127. The Kier molecular flexibility index (Phi) is 9.12. The summed E-state index contributed by atoms with van der Waals surface area (Å²) < 4.78 is 53.0. The smallest absolute Gasteiger partial charge is 0.248 e. The van der Waals surface area contributed by atoms with E-state index in [-0.39, 0.29) is 47.3 Å². The monoisotopic (exact) mass is 534 g/mol. The Balaban J connectivity index is 1.38. The van der Waals surface area contributed by atoms with E-state index in [2.05, 4.69) is 22.3 Å². The second kappa shape index (κ2) is 12.3. The molecule has 0 bridgehead atoms. The summed E-state index contributed by atoms with van der Waals surface area (Å²) in [6.45, 7) is 8.01. The zero-order chi connectivity index (χ0) is 26.4. The molecule has 2 aliphatic rings. The van der Waals surface area contributed by atoms with Gasteiger partial charge in [-0.15, -0.1) is 0 Å². The van der Waals surface area contributed by atoms with Gasteiger partial charge in [-0.25, -0.2) is 12.8 Å². The molecule has 0 unspecified atom stereocenters. The van der Waals surface area contributed by atoms with Crippen LogP contribution < -0.4 is 5.32 Å². The zero-order valence-electron chi connectivity index (χ0n) is 21.4. The van der Waals surface area contributed by atoms with Crippen molar-refractivity contribution in [1.82, 2.24) is 19.7 Å². The molecule has 2 saturated heterocycles. The number of sulfonamides is 1. The molecule has 202 valence electrons. The van der Waals surface area contributed by atoms with E-state index in [0.29, 0.717) is 31.6 Å². The highest BCUT2D eigenvalue weighted by atomic mass is 32.2. The van der Waals surface area contributed by atoms with E-state index in [1.54, 1.807) is 25.1 Å². The van der Waals surface area contributed by atoms with Crippen molar-refractivity contribution in [3.05, 3.63) is 47.1 Å². The van der Waals surface area contributed by atoms with Gasteiger partial charge >= 0.3 is 0 Å². The van der Waals surface area contributed by atoms with E-state index in [1.807, 2.05) is 0 Å². The molecule has 2 fully saturated rings. The molecule has 1 aromatic heterocycles. The number of hydrogen-bond acceptors (Lipinski definition) is 7. The van der Waals surface area contributed by atoms with Gasteiger partial charge in [-0.1, -0.05) is 30.3 Å². The third-order valence-electron chi connectivity index (χ3n) is 7.00. The van der Waals surface area contributed by atoms with Crippen molar-refractivity contribution in [3.63, 3.8) is 0 Å². The van der Waals surface area contributed by atoms with Gasteiger partial charge in [0.2, 0.25) is 15.9 Å². The second-order valence-corrected chi connectivity index (χ2v) is 11.4. The van der Waals surface area contributed by atoms with Crippen LogP contribution in [0.15, 0.2) is 33.7 Å². The third-order valence-corrected chi connectivity index (χ3v) is 9.05. The van der Waals surface area contributed by atoms with Gasteiger partial charge in [0.25, 0.3) is 0 Å². The third kappa shape index (κ3) is 6.64. The van der Waals surface area contributed by atoms with Crippen LogP contribution in [0.1, 0.15) is 43.2 Å². The number of morpholine rings is 1. The van der Waals surface area contributed by atoms with Crippen molar-refractivity contribution in [1.29, 1.82) is 0 Å². The maximum absolute atomic E-state index is 14.0. The highest BCUT2D eigenvalue weighted by molar-refractivity contribution is 7.89. The van der Waals surface area contributed by atoms with Gasteiger partial charge in [-0.2, -0.15) is 4.31 Å². The molecule has 9 nitrogen and oxygen atoms in total. The highest BCUT2D eigenvalue weighted by Gasteiger charge is 2.36. The molecule has 4 rings (SSSR count). The molecular formula is C26H35FN4O5S. The van der Waals surface area contributed by atoms with Crippen LogP contribution in [0.2, 0.25) is 0 Å². The van der Waals surface area contributed by atoms with Crippen LogP contribution in [0.3, 0.4) is 0 Å². The fourth-order valence-electron chi connectivity index (χ4n) is 4.75. The number of benzene rings is 1. The van der Waals surface area contributed by atoms with Crippen LogP contribution in [-0.2, 0) is 19.6 Å². The van der Waals surface area contributed by atoms with Gasteiger partial charge in [0.05, 0.1) is 13.2 Å². The number of ether oxygens (including phenoxy) is 1. The Bertz CT molecular complexity index is 1200. The molecule has 1 aromatic carbocycles. The quantitative estimate of drug-likeness (QED) is 0.527. The van der Waals surface area contributed by atoms with Gasteiger partial charge in [0, 0.05) is 50.2 Å². The molecule has 37 heavy (non-hydrogen) atoms. The SMILES string of the molecule is CC[C@@H](CN1CCOCC1)NC(=O)C1CCN(S(=O)(=O)c2c(C)noc2/C=C/c2ccccc2F)CC1. The summed E-state index contributed by atoms with van der Waals surface area (Å²) in [6, 6.07) is 6.24. The van der Waals surface area contributed by atoms with Crippen LogP contribution in [-0.4, -0.2) is 80.7 Å². The lowest BCUT2D eigenvalue weighted by Gasteiger charge is -2.33. The number of carbonyl (C=O) groups excluding carboxylic acids is 1. The predicted molar refractivity (Wildman–Crippen MR) is 138 cm³/mol. The fourth-order valence-corrected chi connectivity index (χ4v) is 6.47. The molecule has 2 aromatic rings. The molecule has 3 heterocycles. The Morgan fingerprint density at radius 2 is 1.89 bits per heavy atom. The van der Waals surface area contributed by atoms with Crippen molar-refractivity contribution in [2.45, 2.75) is 44.0 Å². The molecule has 2 aliphatic heterocycles. The number of halogens is 1. The van der Waals surface area contributed by atoms with Crippen molar-refractivity contribution in [2.24, 2.45) is 5.92 Å². The molecule has 1 N–H and O–H groups in total. The number of aromatic nitrogens is 1. The normalized spacial score (nSPS) is 19.3. The van der Waals surface area contributed by atoms with Crippen LogP contribution in [0, 0.1) is 18.7 Å². The largest absolute Gasteiger partial charge is 0.379 e. The predicted octanol–water partition coefficient (Wildman–Crippen LogP) is 2.92. The average Bonchev–Trinajstić information content (AvgIpc) is 3.29. The summed E-state index contributed by atoms with van der Waals surface area (Å²) in [4.78, 5) is 15.2. The minimum absolute atomic E-state index is 0.0215. The number of nitrogens with one attached hydrogen (secondary N) is 1. The minimum Gasteiger partial charge on any atom is -0.379 e. The average molecular weight is 535 g/mol. The van der Waals surface area contributed by atoms with Gasteiger partial charge in [-0.3, -0.25) is 9.69 Å². The van der Waals surface area contributed by atoms with Crippen molar-refractivity contribution in [3.8, 4) is 0 Å². The van der Waals surface area contributed by atoms with E-state index in [0.717, 1.165) is 26.1 Å². The molecule has 0 radical (unpaired) electrons. The fraction of sp³-hybridized carbons (Fsp3) is 0.538. The molecule has 11 heteroatoms. The number of rotatable bonds is 9. The number of carbonyl (C=O) groups is 1. The van der Waals surface area contributed by atoms with E-state index in [4.69, 9.17) is 9.26 Å². The summed E-state index contributed by atoms with van der Waals surface area (Å²) in [5.41, 5.74) is 0.549. The maximum Gasteiger partial charge on any atom is 0.248 e. The topological polar surface area (TPSA) is 105 Å². The van der Waals surface area contributed by atoms with E-state index >= 15 is 0 Å². The van der Waals surface area contributed by atoms with E-state index in [9.17, 15) is 17.6 Å². The van der Waals surface area contributed by atoms with Crippen LogP contribution in [0.25, 0.3) is 12.2 Å². The highest BCUT2D eigenvalue weighted by Crippen LogP contribution is 2.29. The van der Waals surface area contributed by atoms with Gasteiger partial charge in [0.1, 0.15) is 11.5 Å². The summed E-state index contributed by atoms with van der Waals surface area (Å²) in [7, 11) is -3.91. The Labute approximate surface area is 217 Å². The summed E-state index contributed by atoms with van der Waals surface area (Å²) >= 11 is 0. The summed E-state index contributed by atoms with van der Waals surface area (Å²) in [6.07, 6.45) is 4.58. The van der Waals surface area contributed by atoms with Crippen molar-refractivity contribution >= 4 is 28.1 Å². The first-order chi connectivity index (χ1) is 17.8. The number of aryl methyl sites for hydroxylation is 1. The first kappa shape index (κ1) is 27.4. The molecule has 0 aliphatic carbocycles. The lowest BCUT2D eigenvalue weighted by Crippen LogP contribution is -2.50. The standard InChI is InChI=1S/C26H35FN4O5S/c1-3-22(18-30-14-16-35-17-15-30)28-26(32)21-10-12-31(13-11-21)37(33,34)25-19(2)29-36-24(25)9-8-20-6-4-5-7-23(20)27/h4-9,21-22H,3,10-18H2,1-2H3,(H,28,32)/b9-8+/t22-/m0/s1. The second-order valence-electron chi connectivity index (χ2n) is 9.52. The summed E-state index contributed by atoms with van der Waals surface area (Å²) in [5.74, 6) is -0.634. The number of hydrogen-bond donors (Lipinski definition) is 1. The molecule has 1 atom stereocenters. The van der Waals surface area contributed by atoms with Crippen LogP contribution in [0.4, 0.5) is 4.39 Å². The van der Waals surface area contributed by atoms with Gasteiger partial charge in [-0.05, 0) is 44.4 Å². The van der Waals surface area contributed by atoms with Gasteiger partial charge < -0.3 is 14.6 Å². The number of piperidine rings is 1. The Morgan fingerprint density at radius 1 is 1.19 bits per heavy atom. The first-order valence-corrected chi connectivity index (χ1v) is 14.2. The Hall–Kier alpha value is -2.60. The molecular weight excluding hydrogens is 499 g/mol. The number of amides is 1. The first-order valence-electron chi connectivity index (χ1n) is 12.8. The lowest BCUT2D eigenvalue weighted by atomic mass is 9.96. The van der Waals surface area contributed by atoms with Gasteiger partial charge in [0.15, 0.2) is 10.7 Å². The van der Waals surface area contributed by atoms with E-state index in [1.165, 1.54) is 22.5 Å². The van der Waals surface area contributed by atoms with E-state index < -0.39 is 15.8 Å². The van der Waals surface area contributed by atoms with Crippen LogP contribution in [0.5, 0.6) is 0 Å². The van der Waals surface area contributed by atoms with Crippen molar-refractivity contribution in [2.75, 3.05) is 45.9 Å². The molecule has 0 spiro atoms. The summed E-state index contributed by atoms with van der Waals surface area (Å²) in [5, 5.41) is 7.01. The van der Waals surface area contributed by atoms with Crippen LogP contribution >= 0.6 is 0 Å².